The zero-order chi connectivity index (χ0) is 33.5. The van der Waals surface area contributed by atoms with Crippen LogP contribution in [0.3, 0.4) is 0 Å². The van der Waals surface area contributed by atoms with E-state index in [1.54, 1.807) is 0 Å². The van der Waals surface area contributed by atoms with Crippen LogP contribution in [0.2, 0.25) is 0 Å². The first-order valence-corrected chi connectivity index (χ1v) is 19.7. The molecule has 1 aliphatic heterocycles. The summed E-state index contributed by atoms with van der Waals surface area (Å²) in [6.07, 6.45) is 0. The summed E-state index contributed by atoms with van der Waals surface area (Å²) in [7, 11) is -2.55. The van der Waals surface area contributed by atoms with Gasteiger partial charge in [0.25, 0.3) is 0 Å². The molecule has 0 aliphatic carbocycles. The lowest BCUT2D eigenvalue weighted by Crippen LogP contribution is -2.72. The molecule has 2 aromatic heterocycles. The molecule has 0 amide bonds. The standard InChI is InChI=1S/C48H32N2Si/c1-4-16-33(17-5-1)49-41-25-13-10-23-38(41)47-43(49)29-30-44-48(47)39-24-11-14-26-42(39)50(44)34-28-31-46-40(32-34)37-22-12-15-27-45(37)51(46,35-18-6-2-7-19-35)36-20-8-3-9-21-36/h1-32H. The van der Waals surface area contributed by atoms with E-state index in [4.69, 9.17) is 0 Å². The molecule has 0 radical (unpaired) electrons. The summed E-state index contributed by atoms with van der Waals surface area (Å²) in [5.41, 5.74) is 9.94. The fourth-order valence-electron chi connectivity index (χ4n) is 9.23. The lowest BCUT2D eigenvalue weighted by atomic mass is 10.0. The van der Waals surface area contributed by atoms with Crippen molar-refractivity contribution >= 4 is 72.4 Å². The first-order chi connectivity index (χ1) is 25.3. The molecule has 1 aliphatic rings. The van der Waals surface area contributed by atoms with Gasteiger partial charge in [-0.3, -0.25) is 0 Å². The van der Waals surface area contributed by atoms with Gasteiger partial charge in [0.15, 0.2) is 8.07 Å². The molecule has 0 unspecified atom stereocenters. The van der Waals surface area contributed by atoms with Crippen LogP contribution < -0.4 is 20.7 Å². The highest BCUT2D eigenvalue weighted by atomic mass is 28.3. The molecule has 0 saturated carbocycles. The van der Waals surface area contributed by atoms with E-state index in [2.05, 4.69) is 203 Å². The quantitative estimate of drug-likeness (QED) is 0.166. The predicted octanol–water partition coefficient (Wildman–Crippen LogP) is 9.24. The van der Waals surface area contributed by atoms with E-state index in [-0.39, 0.29) is 0 Å². The number of aromatic nitrogens is 2. The second-order valence-corrected chi connectivity index (χ2v) is 17.4. The molecule has 11 rings (SSSR count). The van der Waals surface area contributed by atoms with E-state index in [9.17, 15) is 0 Å². The molecular weight excluding hydrogens is 633 g/mol. The second-order valence-electron chi connectivity index (χ2n) is 13.7. The van der Waals surface area contributed by atoms with Crippen molar-refractivity contribution in [1.29, 1.82) is 0 Å². The van der Waals surface area contributed by atoms with Gasteiger partial charge in [-0.15, -0.1) is 0 Å². The lowest BCUT2D eigenvalue weighted by molar-refractivity contribution is 1.17. The van der Waals surface area contributed by atoms with Crippen LogP contribution in [-0.2, 0) is 0 Å². The number of para-hydroxylation sites is 3. The Hall–Kier alpha value is -6.42. The van der Waals surface area contributed by atoms with Crippen molar-refractivity contribution in [2.75, 3.05) is 0 Å². The van der Waals surface area contributed by atoms with E-state index in [1.807, 2.05) is 0 Å². The van der Waals surface area contributed by atoms with Gasteiger partial charge >= 0.3 is 0 Å². The maximum atomic E-state index is 2.49. The van der Waals surface area contributed by atoms with Crippen molar-refractivity contribution in [3.63, 3.8) is 0 Å². The van der Waals surface area contributed by atoms with E-state index < -0.39 is 8.07 Å². The van der Waals surface area contributed by atoms with Crippen molar-refractivity contribution in [3.05, 3.63) is 194 Å². The number of benzene rings is 8. The summed E-state index contributed by atoms with van der Waals surface area (Å²) in [6, 6.07) is 72.2. The van der Waals surface area contributed by atoms with E-state index in [0.29, 0.717) is 0 Å². The van der Waals surface area contributed by atoms with Gasteiger partial charge in [0, 0.05) is 32.9 Å². The Balaban J connectivity index is 1.23. The summed E-state index contributed by atoms with van der Waals surface area (Å²) in [5.74, 6) is 0. The van der Waals surface area contributed by atoms with E-state index in [0.717, 1.165) is 0 Å². The highest BCUT2D eigenvalue weighted by Gasteiger charge is 2.48. The summed E-state index contributed by atoms with van der Waals surface area (Å²) in [4.78, 5) is 0. The van der Waals surface area contributed by atoms with E-state index in [1.165, 1.54) is 86.9 Å². The van der Waals surface area contributed by atoms with Gasteiger partial charge in [0.1, 0.15) is 0 Å². The lowest BCUT2D eigenvalue weighted by Gasteiger charge is -2.31. The fourth-order valence-corrected chi connectivity index (χ4v) is 14.4. The average molecular weight is 665 g/mol. The number of nitrogens with zero attached hydrogens (tertiary/aromatic N) is 2. The van der Waals surface area contributed by atoms with Crippen LogP contribution in [0.15, 0.2) is 194 Å². The highest BCUT2D eigenvalue weighted by molar-refractivity contribution is 7.22. The zero-order valence-corrected chi connectivity index (χ0v) is 28.9. The van der Waals surface area contributed by atoms with Crippen LogP contribution >= 0.6 is 0 Å². The second kappa shape index (κ2) is 10.8. The Morgan fingerprint density at radius 3 is 1.39 bits per heavy atom. The normalized spacial score (nSPS) is 13.3. The first-order valence-electron chi connectivity index (χ1n) is 17.7. The third-order valence-corrected chi connectivity index (χ3v) is 16.1. The van der Waals surface area contributed by atoms with Crippen molar-refractivity contribution in [2.45, 2.75) is 0 Å². The topological polar surface area (TPSA) is 9.86 Å². The molecule has 0 atom stereocenters. The van der Waals surface area contributed by atoms with Crippen LogP contribution in [0.4, 0.5) is 0 Å². The Kier molecular flexibility index (Phi) is 6.01. The SMILES string of the molecule is c1ccc(-n2c3ccccc3c3c4c5ccccc5n(-c5ccc6c(c5)-c5ccccc5[Si]6(c5ccccc5)c5ccccc5)c4ccc32)cc1. The van der Waals surface area contributed by atoms with Gasteiger partial charge in [0.05, 0.1) is 22.1 Å². The molecule has 10 aromatic rings. The van der Waals surface area contributed by atoms with Crippen molar-refractivity contribution < 1.29 is 0 Å². The molecule has 8 aromatic carbocycles. The third-order valence-electron chi connectivity index (χ3n) is 11.2. The van der Waals surface area contributed by atoms with Crippen molar-refractivity contribution in [3.8, 4) is 22.5 Å². The first kappa shape index (κ1) is 28.4. The van der Waals surface area contributed by atoms with Gasteiger partial charge in [0.2, 0.25) is 0 Å². The summed E-state index contributed by atoms with van der Waals surface area (Å²) < 4.78 is 4.91. The van der Waals surface area contributed by atoms with Gasteiger partial charge < -0.3 is 9.13 Å². The molecule has 3 heteroatoms. The third kappa shape index (κ3) is 3.81. The minimum Gasteiger partial charge on any atom is -0.309 e. The molecule has 238 valence electrons. The molecule has 0 N–H and O–H groups in total. The molecule has 0 bridgehead atoms. The van der Waals surface area contributed by atoms with Crippen LogP contribution in [-0.4, -0.2) is 17.2 Å². The van der Waals surface area contributed by atoms with Gasteiger partial charge in [-0.1, -0.05) is 146 Å². The molecular formula is C48H32N2Si. The zero-order valence-electron chi connectivity index (χ0n) is 27.9. The smallest absolute Gasteiger partial charge is 0.180 e. The molecule has 2 nitrogen and oxygen atoms in total. The summed E-state index contributed by atoms with van der Waals surface area (Å²) in [6.45, 7) is 0. The van der Waals surface area contributed by atoms with Gasteiger partial charge in [-0.05, 0) is 80.4 Å². The van der Waals surface area contributed by atoms with Crippen LogP contribution in [0.5, 0.6) is 0 Å². The molecule has 0 fully saturated rings. The summed E-state index contributed by atoms with van der Waals surface area (Å²) in [5, 5.41) is 10.9. The Morgan fingerprint density at radius 1 is 0.314 bits per heavy atom. The molecule has 3 heterocycles. The highest BCUT2D eigenvalue weighted by Crippen LogP contribution is 2.42. The summed E-state index contributed by atoms with van der Waals surface area (Å²) >= 11 is 0. The fraction of sp³-hybridized carbons (Fsp3) is 0. The maximum absolute atomic E-state index is 2.55. The number of hydrogen-bond acceptors (Lipinski definition) is 0. The Morgan fingerprint density at radius 2 is 0.784 bits per heavy atom. The maximum Gasteiger partial charge on any atom is 0.180 e. The number of fused-ring (bicyclic) bond motifs is 10. The van der Waals surface area contributed by atoms with Gasteiger partial charge in [-0.25, -0.2) is 0 Å². The largest absolute Gasteiger partial charge is 0.309 e. The van der Waals surface area contributed by atoms with Crippen molar-refractivity contribution in [2.24, 2.45) is 0 Å². The molecule has 0 spiro atoms. The molecule has 51 heavy (non-hydrogen) atoms. The monoisotopic (exact) mass is 664 g/mol. The molecule has 0 saturated heterocycles. The number of hydrogen-bond donors (Lipinski definition) is 0. The Labute approximate surface area is 297 Å². The average Bonchev–Trinajstić information content (AvgIpc) is 3.83. The van der Waals surface area contributed by atoms with Crippen LogP contribution in [0.25, 0.3) is 66.1 Å². The van der Waals surface area contributed by atoms with Crippen LogP contribution in [0, 0.1) is 0 Å². The van der Waals surface area contributed by atoms with E-state index >= 15 is 0 Å². The minimum atomic E-state index is -2.55. The Bertz CT molecular complexity index is 2920. The minimum absolute atomic E-state index is 1.17. The van der Waals surface area contributed by atoms with Gasteiger partial charge in [-0.2, -0.15) is 0 Å². The predicted molar refractivity (Wildman–Crippen MR) is 218 cm³/mol. The number of rotatable bonds is 4. The van der Waals surface area contributed by atoms with Crippen LogP contribution in [0.1, 0.15) is 0 Å². The van der Waals surface area contributed by atoms with Crippen molar-refractivity contribution in [1.82, 2.24) is 9.13 Å².